The lowest BCUT2D eigenvalue weighted by Crippen LogP contribution is -2.21. The third-order valence-corrected chi connectivity index (χ3v) is 4.89. The van der Waals surface area contributed by atoms with Crippen LogP contribution in [0.2, 0.25) is 0 Å². The predicted octanol–water partition coefficient (Wildman–Crippen LogP) is 4.53. The van der Waals surface area contributed by atoms with E-state index in [2.05, 4.69) is 15.0 Å². The zero-order valence-corrected chi connectivity index (χ0v) is 19.0. The number of pyridine rings is 1. The van der Waals surface area contributed by atoms with Crippen LogP contribution in [0.3, 0.4) is 0 Å². The summed E-state index contributed by atoms with van der Waals surface area (Å²) in [4.78, 5) is 25.8. The number of fused-ring (bicyclic) bond motifs is 1. The molecule has 8 nitrogen and oxygen atoms in total. The number of aromatic nitrogens is 3. The minimum atomic E-state index is -0.147. The van der Waals surface area contributed by atoms with E-state index in [-0.39, 0.29) is 12.0 Å². The highest BCUT2D eigenvalue weighted by Crippen LogP contribution is 2.32. The molecular weight excluding hydrogens is 420 g/mol. The van der Waals surface area contributed by atoms with E-state index in [0.717, 1.165) is 11.1 Å². The lowest BCUT2D eigenvalue weighted by Gasteiger charge is -2.16. The fraction of sp³-hybridized carbons (Fsp3) is 0.240. The maximum absolute atomic E-state index is 12.1. The fourth-order valence-electron chi connectivity index (χ4n) is 3.38. The number of methoxy groups -OCH3 is 1. The van der Waals surface area contributed by atoms with Crippen molar-refractivity contribution in [3.63, 3.8) is 0 Å². The first kappa shape index (κ1) is 22.3. The van der Waals surface area contributed by atoms with Crippen molar-refractivity contribution in [2.45, 2.75) is 13.0 Å². The van der Waals surface area contributed by atoms with Gasteiger partial charge in [0.25, 0.3) is 5.91 Å². The number of ether oxygens (including phenoxy) is 3. The number of carbonyl (C=O) groups excluding carboxylic acids is 1. The first-order chi connectivity index (χ1) is 15.9. The molecule has 1 amide bonds. The molecule has 0 bridgehead atoms. The average molecular weight is 447 g/mol. The van der Waals surface area contributed by atoms with Gasteiger partial charge < -0.3 is 24.1 Å². The molecule has 1 atom stereocenters. The molecule has 0 saturated heterocycles. The van der Waals surface area contributed by atoms with Crippen LogP contribution in [0.25, 0.3) is 22.6 Å². The zero-order chi connectivity index (χ0) is 23.4. The molecule has 0 radical (unpaired) electrons. The van der Waals surface area contributed by atoms with Crippen molar-refractivity contribution in [1.29, 1.82) is 0 Å². The Balaban J connectivity index is 1.66. The van der Waals surface area contributed by atoms with E-state index in [1.807, 2.05) is 37.3 Å². The third kappa shape index (κ3) is 5.30. The summed E-state index contributed by atoms with van der Waals surface area (Å²) in [6.07, 6.45) is 1.56. The summed E-state index contributed by atoms with van der Waals surface area (Å²) in [7, 11) is 5.08. The first-order valence-corrected chi connectivity index (χ1v) is 10.5. The Morgan fingerprint density at radius 3 is 2.52 bits per heavy atom. The number of carbonyl (C=O) groups is 1. The van der Waals surface area contributed by atoms with Gasteiger partial charge in [0.05, 0.1) is 12.1 Å². The van der Waals surface area contributed by atoms with E-state index in [1.54, 1.807) is 51.7 Å². The van der Waals surface area contributed by atoms with Crippen molar-refractivity contribution >= 4 is 17.1 Å². The molecule has 1 unspecified atom stereocenters. The van der Waals surface area contributed by atoms with Crippen LogP contribution in [0.1, 0.15) is 17.3 Å². The third-order valence-electron chi connectivity index (χ3n) is 4.89. The quantitative estimate of drug-likeness (QED) is 0.428. The van der Waals surface area contributed by atoms with Crippen LogP contribution >= 0.6 is 0 Å². The summed E-state index contributed by atoms with van der Waals surface area (Å²) in [5.41, 5.74) is 2.86. The monoisotopic (exact) mass is 446 g/mol. The second kappa shape index (κ2) is 9.70. The zero-order valence-electron chi connectivity index (χ0n) is 19.0. The van der Waals surface area contributed by atoms with Gasteiger partial charge in [0.15, 0.2) is 5.65 Å². The normalized spacial score (nSPS) is 11.9. The van der Waals surface area contributed by atoms with E-state index in [9.17, 15) is 4.79 Å². The maximum Gasteiger partial charge on any atom is 0.253 e. The van der Waals surface area contributed by atoms with E-state index >= 15 is 0 Å². The highest BCUT2D eigenvalue weighted by atomic mass is 16.5. The molecule has 4 aromatic rings. The van der Waals surface area contributed by atoms with Gasteiger partial charge in [-0.25, -0.2) is 9.97 Å². The molecular formula is C25H26N4O4. The van der Waals surface area contributed by atoms with Crippen molar-refractivity contribution < 1.29 is 19.0 Å². The molecule has 33 heavy (non-hydrogen) atoms. The second-order valence-corrected chi connectivity index (χ2v) is 7.86. The summed E-state index contributed by atoms with van der Waals surface area (Å²) >= 11 is 0. The lowest BCUT2D eigenvalue weighted by molar-refractivity contribution is 0.0827. The highest BCUT2D eigenvalue weighted by Gasteiger charge is 2.13. The number of H-pyrrole nitrogens is 1. The molecule has 4 rings (SSSR count). The topological polar surface area (TPSA) is 89.6 Å². The molecule has 0 fully saturated rings. The molecule has 0 saturated carbocycles. The van der Waals surface area contributed by atoms with E-state index in [4.69, 9.17) is 14.2 Å². The number of hydrogen-bond acceptors (Lipinski definition) is 6. The minimum Gasteiger partial charge on any atom is -0.488 e. The van der Waals surface area contributed by atoms with E-state index in [0.29, 0.717) is 40.9 Å². The fourth-order valence-corrected chi connectivity index (χ4v) is 3.38. The van der Waals surface area contributed by atoms with Crippen LogP contribution in [0, 0.1) is 0 Å². The van der Waals surface area contributed by atoms with Gasteiger partial charge in [0.1, 0.15) is 29.2 Å². The average Bonchev–Trinajstić information content (AvgIpc) is 3.23. The summed E-state index contributed by atoms with van der Waals surface area (Å²) in [5, 5.41) is 0. The largest absolute Gasteiger partial charge is 0.488 e. The maximum atomic E-state index is 12.1. The Morgan fingerprint density at radius 1 is 1.06 bits per heavy atom. The molecule has 170 valence electrons. The molecule has 2 aromatic carbocycles. The number of hydrogen-bond donors (Lipinski definition) is 1. The Bertz CT molecular complexity index is 1220. The molecule has 0 aliphatic heterocycles. The Hall–Kier alpha value is -3.91. The Kier molecular flexibility index (Phi) is 6.55. The van der Waals surface area contributed by atoms with Crippen LogP contribution in [-0.2, 0) is 4.74 Å². The van der Waals surface area contributed by atoms with E-state index in [1.165, 1.54) is 4.90 Å². The number of amides is 1. The minimum absolute atomic E-state index is 0.0649. The van der Waals surface area contributed by atoms with Gasteiger partial charge in [-0.3, -0.25) is 4.79 Å². The van der Waals surface area contributed by atoms with Crippen LogP contribution in [0.5, 0.6) is 17.2 Å². The van der Waals surface area contributed by atoms with E-state index < -0.39 is 0 Å². The van der Waals surface area contributed by atoms with Gasteiger partial charge in [-0.15, -0.1) is 0 Å². The molecule has 0 aliphatic rings. The predicted molar refractivity (Wildman–Crippen MR) is 126 cm³/mol. The van der Waals surface area contributed by atoms with Crippen molar-refractivity contribution in [2.24, 2.45) is 0 Å². The molecule has 0 spiro atoms. The SMILES string of the molecule is COCC(C)Oc1cc(Oc2ccc(C(=O)N(C)C)cc2)cc(-c2nc3ncccc3[nH]2)c1. The first-order valence-electron chi connectivity index (χ1n) is 10.5. The van der Waals surface area contributed by atoms with Crippen molar-refractivity contribution in [3.8, 4) is 28.6 Å². The van der Waals surface area contributed by atoms with Gasteiger partial charge in [-0.1, -0.05) is 0 Å². The summed E-state index contributed by atoms with van der Waals surface area (Å²) < 4.78 is 17.3. The number of benzene rings is 2. The van der Waals surface area contributed by atoms with Gasteiger partial charge in [0, 0.05) is 44.6 Å². The van der Waals surface area contributed by atoms with Gasteiger partial charge in [-0.2, -0.15) is 0 Å². The van der Waals surface area contributed by atoms with Crippen LogP contribution in [-0.4, -0.2) is 59.7 Å². The summed E-state index contributed by atoms with van der Waals surface area (Å²) in [6.45, 7) is 2.39. The van der Waals surface area contributed by atoms with Crippen LogP contribution in [0.4, 0.5) is 0 Å². The van der Waals surface area contributed by atoms with Gasteiger partial charge in [-0.05, 0) is 55.5 Å². The van der Waals surface area contributed by atoms with Gasteiger partial charge >= 0.3 is 0 Å². The second-order valence-electron chi connectivity index (χ2n) is 7.86. The molecule has 0 aliphatic carbocycles. The van der Waals surface area contributed by atoms with Crippen molar-refractivity contribution in [2.75, 3.05) is 27.8 Å². The molecule has 1 N–H and O–H groups in total. The molecule has 2 heterocycles. The standard InChI is InChI=1S/C25H26N4O4/c1-16(15-31-4)32-20-12-18(23-27-22-6-5-11-26-24(22)28-23)13-21(14-20)33-19-9-7-17(8-10-19)25(30)29(2)3/h5-14,16H,15H2,1-4H3,(H,26,27,28). The Morgan fingerprint density at radius 2 is 1.82 bits per heavy atom. The smallest absolute Gasteiger partial charge is 0.253 e. The molecule has 2 aromatic heterocycles. The molecule has 8 heteroatoms. The number of rotatable bonds is 8. The van der Waals surface area contributed by atoms with Crippen LogP contribution < -0.4 is 9.47 Å². The van der Waals surface area contributed by atoms with Crippen molar-refractivity contribution in [3.05, 3.63) is 66.4 Å². The number of nitrogens with one attached hydrogen (secondary N) is 1. The number of aromatic amines is 1. The Labute approximate surface area is 192 Å². The summed E-state index contributed by atoms with van der Waals surface area (Å²) in [6, 6.07) is 16.4. The number of imidazole rings is 1. The van der Waals surface area contributed by atoms with Gasteiger partial charge in [0.2, 0.25) is 0 Å². The number of nitrogens with zero attached hydrogens (tertiary/aromatic N) is 3. The highest BCUT2D eigenvalue weighted by molar-refractivity contribution is 5.94. The summed E-state index contributed by atoms with van der Waals surface area (Å²) in [5.74, 6) is 2.40. The van der Waals surface area contributed by atoms with Crippen LogP contribution in [0.15, 0.2) is 60.8 Å². The lowest BCUT2D eigenvalue weighted by atomic mass is 10.1. The van der Waals surface area contributed by atoms with Crippen molar-refractivity contribution in [1.82, 2.24) is 19.9 Å².